The molecule has 23 heavy (non-hydrogen) atoms. The van der Waals surface area contributed by atoms with Crippen molar-refractivity contribution in [3.8, 4) is 0 Å². The van der Waals surface area contributed by atoms with Crippen LogP contribution in [-0.4, -0.2) is 40.9 Å². The Labute approximate surface area is 131 Å². The van der Waals surface area contributed by atoms with Crippen LogP contribution in [0, 0.1) is 0 Å². The molecule has 1 unspecified atom stereocenters. The first kappa shape index (κ1) is 17.0. The molecule has 124 valence electrons. The van der Waals surface area contributed by atoms with E-state index in [1.54, 1.807) is 11.6 Å². The van der Waals surface area contributed by atoms with Gasteiger partial charge in [0.05, 0.1) is 11.4 Å². The van der Waals surface area contributed by atoms with Crippen LogP contribution in [0.1, 0.15) is 17.3 Å². The summed E-state index contributed by atoms with van der Waals surface area (Å²) in [6.45, 7) is 2.17. The lowest BCUT2D eigenvalue weighted by molar-refractivity contribution is 0.0936. The van der Waals surface area contributed by atoms with Crippen LogP contribution >= 0.6 is 0 Å². The summed E-state index contributed by atoms with van der Waals surface area (Å²) in [6, 6.07) is 4.09. The molecule has 0 aliphatic heterocycles. The minimum atomic E-state index is -4.66. The molecule has 10 heteroatoms. The van der Waals surface area contributed by atoms with E-state index in [2.05, 4.69) is 15.4 Å². The van der Waals surface area contributed by atoms with E-state index in [0.717, 1.165) is 12.1 Å². The van der Waals surface area contributed by atoms with Crippen molar-refractivity contribution in [2.24, 2.45) is 0 Å². The number of nitrogens with zero attached hydrogens (tertiary/aromatic N) is 3. The number of hydrogen-bond acceptors (Lipinski definition) is 5. The molecule has 1 aromatic carbocycles. The molecule has 2 aromatic rings. The number of rotatable bonds is 6. The average Bonchev–Trinajstić information content (AvgIpc) is 2.99. The Hall–Kier alpha value is -2.36. The SMILES string of the molecule is CC(Cn1cncn1)NC(=O)c1ccc(S(=O)(=O)C(F)F)cc1. The van der Waals surface area contributed by atoms with Gasteiger partial charge in [0.25, 0.3) is 5.91 Å². The number of aromatic nitrogens is 3. The van der Waals surface area contributed by atoms with Crippen LogP contribution in [0.25, 0.3) is 0 Å². The van der Waals surface area contributed by atoms with Crippen LogP contribution in [0.2, 0.25) is 0 Å². The highest BCUT2D eigenvalue weighted by molar-refractivity contribution is 7.91. The van der Waals surface area contributed by atoms with Crippen molar-refractivity contribution in [3.63, 3.8) is 0 Å². The number of halogens is 2. The second kappa shape index (κ2) is 6.82. The van der Waals surface area contributed by atoms with Crippen molar-refractivity contribution >= 4 is 15.7 Å². The van der Waals surface area contributed by atoms with Gasteiger partial charge in [-0.1, -0.05) is 0 Å². The van der Waals surface area contributed by atoms with Crippen LogP contribution in [0.5, 0.6) is 0 Å². The van der Waals surface area contributed by atoms with Crippen molar-refractivity contribution in [2.75, 3.05) is 0 Å². The van der Waals surface area contributed by atoms with E-state index < -0.39 is 26.4 Å². The minimum absolute atomic E-state index is 0.170. The molecule has 0 saturated carbocycles. The summed E-state index contributed by atoms with van der Waals surface area (Å²) in [5.41, 5.74) is 0.170. The lowest BCUT2D eigenvalue weighted by Gasteiger charge is -2.13. The van der Waals surface area contributed by atoms with Gasteiger partial charge in [0.1, 0.15) is 12.7 Å². The predicted molar refractivity (Wildman–Crippen MR) is 76.6 cm³/mol. The van der Waals surface area contributed by atoms with E-state index in [1.165, 1.54) is 24.8 Å². The topological polar surface area (TPSA) is 93.9 Å². The fraction of sp³-hybridized carbons (Fsp3) is 0.308. The smallest absolute Gasteiger partial charge is 0.341 e. The Balaban J connectivity index is 2.03. The fourth-order valence-corrected chi connectivity index (χ4v) is 2.58. The van der Waals surface area contributed by atoms with Crippen LogP contribution < -0.4 is 5.32 Å². The summed E-state index contributed by atoms with van der Waals surface area (Å²) in [4.78, 5) is 15.3. The van der Waals surface area contributed by atoms with Gasteiger partial charge in [-0.25, -0.2) is 13.4 Å². The number of hydrogen-bond donors (Lipinski definition) is 1. The zero-order valence-electron chi connectivity index (χ0n) is 12.1. The van der Waals surface area contributed by atoms with Crippen molar-refractivity contribution in [1.29, 1.82) is 0 Å². The summed E-state index contributed by atoms with van der Waals surface area (Å²) >= 11 is 0. The van der Waals surface area contributed by atoms with Gasteiger partial charge in [-0.05, 0) is 31.2 Å². The molecule has 1 atom stereocenters. The zero-order chi connectivity index (χ0) is 17.0. The van der Waals surface area contributed by atoms with Gasteiger partial charge in [-0.2, -0.15) is 13.9 Å². The summed E-state index contributed by atoms with van der Waals surface area (Å²) < 4.78 is 49.0. The molecule has 2 rings (SSSR count). The third-order valence-corrected chi connectivity index (χ3v) is 4.38. The Bertz CT molecular complexity index is 761. The standard InChI is InChI=1S/C13H14F2N4O3S/c1-9(6-19-8-16-7-17-19)18-12(20)10-2-4-11(5-3-10)23(21,22)13(14)15/h2-5,7-9,13H,6H2,1H3,(H,18,20). The quantitative estimate of drug-likeness (QED) is 0.847. The molecule has 0 spiro atoms. The highest BCUT2D eigenvalue weighted by Gasteiger charge is 2.26. The summed E-state index contributed by atoms with van der Waals surface area (Å²) in [6.07, 6.45) is 2.88. The van der Waals surface area contributed by atoms with E-state index in [1.807, 2.05) is 0 Å². The molecule has 0 fully saturated rings. The Morgan fingerprint density at radius 1 is 1.30 bits per heavy atom. The monoisotopic (exact) mass is 344 g/mol. The number of benzene rings is 1. The largest absolute Gasteiger partial charge is 0.348 e. The lowest BCUT2D eigenvalue weighted by atomic mass is 10.2. The first-order valence-corrected chi connectivity index (χ1v) is 8.10. The Morgan fingerprint density at radius 2 is 1.96 bits per heavy atom. The van der Waals surface area contributed by atoms with E-state index in [0.29, 0.717) is 6.54 Å². The van der Waals surface area contributed by atoms with Gasteiger partial charge in [0, 0.05) is 11.6 Å². The molecule has 0 bridgehead atoms. The molecule has 7 nitrogen and oxygen atoms in total. The Morgan fingerprint density at radius 3 is 2.48 bits per heavy atom. The molecule has 0 saturated heterocycles. The predicted octanol–water partition coefficient (Wildman–Crippen LogP) is 1.09. The molecule has 1 heterocycles. The highest BCUT2D eigenvalue weighted by Crippen LogP contribution is 2.18. The number of nitrogens with one attached hydrogen (secondary N) is 1. The number of sulfone groups is 1. The van der Waals surface area contributed by atoms with Gasteiger partial charge in [-0.3, -0.25) is 9.48 Å². The van der Waals surface area contributed by atoms with Crippen molar-refractivity contribution < 1.29 is 22.0 Å². The van der Waals surface area contributed by atoms with E-state index in [9.17, 15) is 22.0 Å². The maximum absolute atomic E-state index is 12.4. The molecule has 1 N–H and O–H groups in total. The first-order valence-electron chi connectivity index (χ1n) is 6.56. The van der Waals surface area contributed by atoms with Gasteiger partial charge >= 0.3 is 5.76 Å². The fourth-order valence-electron chi connectivity index (χ4n) is 1.86. The summed E-state index contributed by atoms with van der Waals surface area (Å²) in [5, 5.41) is 6.60. The van der Waals surface area contributed by atoms with Crippen molar-refractivity contribution in [1.82, 2.24) is 20.1 Å². The maximum atomic E-state index is 12.4. The molecule has 0 aliphatic carbocycles. The third kappa shape index (κ3) is 4.09. The highest BCUT2D eigenvalue weighted by atomic mass is 32.2. The van der Waals surface area contributed by atoms with E-state index >= 15 is 0 Å². The van der Waals surface area contributed by atoms with Crippen molar-refractivity contribution in [3.05, 3.63) is 42.5 Å². The first-order chi connectivity index (χ1) is 10.8. The number of carbonyl (C=O) groups excluding carboxylic acids is 1. The van der Waals surface area contributed by atoms with Gasteiger partial charge in [-0.15, -0.1) is 0 Å². The van der Waals surface area contributed by atoms with Gasteiger partial charge in [0.15, 0.2) is 0 Å². The molecular formula is C13H14F2N4O3S. The van der Waals surface area contributed by atoms with Crippen molar-refractivity contribution in [2.45, 2.75) is 30.2 Å². The number of alkyl halides is 2. The van der Waals surface area contributed by atoms with Crippen LogP contribution in [-0.2, 0) is 16.4 Å². The molecule has 1 amide bonds. The summed E-state index contributed by atoms with van der Waals surface area (Å²) in [7, 11) is -4.66. The van der Waals surface area contributed by atoms with Gasteiger partial charge in [0.2, 0.25) is 9.84 Å². The third-order valence-electron chi connectivity index (χ3n) is 2.98. The van der Waals surface area contributed by atoms with Gasteiger partial charge < -0.3 is 5.32 Å². The van der Waals surface area contributed by atoms with Crippen LogP contribution in [0.15, 0.2) is 41.8 Å². The number of carbonyl (C=O) groups is 1. The Kier molecular flexibility index (Phi) is 5.04. The molecule has 0 aliphatic rings. The lowest BCUT2D eigenvalue weighted by Crippen LogP contribution is -2.35. The average molecular weight is 344 g/mol. The van der Waals surface area contributed by atoms with E-state index in [-0.39, 0.29) is 11.6 Å². The summed E-state index contributed by atoms with van der Waals surface area (Å²) in [5.74, 6) is -3.94. The normalized spacial score (nSPS) is 13.0. The molecule has 1 aromatic heterocycles. The van der Waals surface area contributed by atoms with Crippen LogP contribution in [0.3, 0.4) is 0 Å². The number of amides is 1. The molecule has 0 radical (unpaired) electrons. The van der Waals surface area contributed by atoms with E-state index in [4.69, 9.17) is 0 Å². The second-order valence-electron chi connectivity index (χ2n) is 4.82. The second-order valence-corrected chi connectivity index (χ2v) is 6.74. The van der Waals surface area contributed by atoms with Crippen LogP contribution in [0.4, 0.5) is 8.78 Å². The minimum Gasteiger partial charge on any atom is -0.348 e. The maximum Gasteiger partial charge on any atom is 0.341 e. The molecular weight excluding hydrogens is 330 g/mol. The zero-order valence-corrected chi connectivity index (χ0v) is 12.9.